The Morgan fingerprint density at radius 2 is 1.84 bits per heavy atom. The van der Waals surface area contributed by atoms with Gasteiger partial charge in [-0.05, 0) is 48.2 Å². The quantitative estimate of drug-likeness (QED) is 0.529. The van der Waals surface area contributed by atoms with E-state index in [4.69, 9.17) is 34.8 Å². The van der Waals surface area contributed by atoms with Crippen LogP contribution in [0.15, 0.2) is 40.9 Å². The average Bonchev–Trinajstić information content (AvgIpc) is 2.37. The maximum Gasteiger partial charge on any atom is 0.0628 e. The predicted molar refractivity (Wildman–Crippen MR) is 87.6 cm³/mol. The minimum absolute atomic E-state index is 0.0882. The van der Waals surface area contributed by atoms with Crippen LogP contribution in [0.1, 0.15) is 22.1 Å². The molecular formula is C15H12BrCl3. The molecule has 0 spiro atoms. The third-order valence-electron chi connectivity index (χ3n) is 3.05. The van der Waals surface area contributed by atoms with Gasteiger partial charge in [0, 0.05) is 4.47 Å². The molecule has 0 saturated carbocycles. The van der Waals surface area contributed by atoms with Gasteiger partial charge in [0.1, 0.15) is 0 Å². The highest BCUT2D eigenvalue weighted by Crippen LogP contribution is 2.32. The van der Waals surface area contributed by atoms with E-state index in [2.05, 4.69) is 28.9 Å². The van der Waals surface area contributed by atoms with Crippen LogP contribution >= 0.6 is 50.7 Å². The summed E-state index contributed by atoms with van der Waals surface area (Å²) >= 11 is 22.0. The summed E-state index contributed by atoms with van der Waals surface area (Å²) < 4.78 is 1.07. The average molecular weight is 379 g/mol. The van der Waals surface area contributed by atoms with E-state index in [1.165, 1.54) is 5.56 Å². The molecule has 1 unspecified atom stereocenters. The predicted octanol–water partition coefficient (Wildman–Crippen LogP) is 6.59. The summed E-state index contributed by atoms with van der Waals surface area (Å²) in [6.45, 7) is 2.06. The molecule has 0 radical (unpaired) electrons. The van der Waals surface area contributed by atoms with Crippen LogP contribution in [0.4, 0.5) is 0 Å². The molecule has 0 aromatic heterocycles. The summed E-state index contributed by atoms with van der Waals surface area (Å²) in [6.07, 6.45) is 0.718. The minimum atomic E-state index is -0.0882. The summed E-state index contributed by atoms with van der Waals surface area (Å²) in [5.74, 6) is 0. The van der Waals surface area contributed by atoms with E-state index in [1.807, 2.05) is 24.3 Å². The van der Waals surface area contributed by atoms with Crippen LogP contribution in [0.5, 0.6) is 0 Å². The second-order valence-electron chi connectivity index (χ2n) is 4.37. The lowest BCUT2D eigenvalue weighted by molar-refractivity contribution is 0.908. The fraction of sp³-hybridized carbons (Fsp3) is 0.200. The van der Waals surface area contributed by atoms with Gasteiger partial charge in [-0.25, -0.2) is 0 Å². The van der Waals surface area contributed by atoms with Crippen LogP contribution in [0, 0.1) is 6.92 Å². The van der Waals surface area contributed by atoms with Crippen LogP contribution < -0.4 is 0 Å². The highest BCUT2D eigenvalue weighted by Gasteiger charge is 2.13. The van der Waals surface area contributed by atoms with E-state index < -0.39 is 0 Å². The standard InChI is InChI=1S/C15H12BrCl3/c1-9-11(3-2-4-12(9)16)14(18)7-10-5-6-13(17)15(19)8-10/h2-6,8,14H,7H2,1H3. The maximum atomic E-state index is 6.51. The van der Waals surface area contributed by atoms with Gasteiger partial charge in [-0.2, -0.15) is 0 Å². The van der Waals surface area contributed by atoms with E-state index >= 15 is 0 Å². The fourth-order valence-electron chi connectivity index (χ4n) is 1.95. The van der Waals surface area contributed by atoms with Crippen LogP contribution in [-0.2, 0) is 6.42 Å². The van der Waals surface area contributed by atoms with Gasteiger partial charge in [0.2, 0.25) is 0 Å². The summed E-state index contributed by atoms with van der Waals surface area (Å²) in [5, 5.41) is 1.04. The molecule has 0 nitrogen and oxygen atoms in total. The monoisotopic (exact) mass is 376 g/mol. The summed E-state index contributed by atoms with van der Waals surface area (Å²) in [6, 6.07) is 11.7. The summed E-state index contributed by atoms with van der Waals surface area (Å²) in [4.78, 5) is 0. The fourth-order valence-corrected chi connectivity index (χ4v) is 3.06. The lowest BCUT2D eigenvalue weighted by atomic mass is 10.00. The Labute approximate surface area is 136 Å². The minimum Gasteiger partial charge on any atom is -0.117 e. The second-order valence-corrected chi connectivity index (χ2v) is 6.57. The molecule has 4 heteroatoms. The third kappa shape index (κ3) is 3.66. The normalized spacial score (nSPS) is 12.5. The Morgan fingerprint density at radius 1 is 1.11 bits per heavy atom. The van der Waals surface area contributed by atoms with Gasteiger partial charge in [0.05, 0.1) is 15.4 Å². The van der Waals surface area contributed by atoms with Gasteiger partial charge in [-0.3, -0.25) is 0 Å². The lowest BCUT2D eigenvalue weighted by Crippen LogP contribution is -1.99. The number of hydrogen-bond donors (Lipinski definition) is 0. The first kappa shape index (κ1) is 15.2. The highest BCUT2D eigenvalue weighted by molar-refractivity contribution is 9.10. The Hall–Kier alpha value is -0.210. The molecule has 2 rings (SSSR count). The molecule has 0 amide bonds. The van der Waals surface area contributed by atoms with Crippen molar-refractivity contribution in [2.45, 2.75) is 18.7 Å². The van der Waals surface area contributed by atoms with Crippen molar-refractivity contribution < 1.29 is 0 Å². The molecule has 100 valence electrons. The molecule has 0 aliphatic carbocycles. The van der Waals surface area contributed by atoms with E-state index in [0.717, 1.165) is 22.0 Å². The third-order valence-corrected chi connectivity index (χ3v) is 5.03. The van der Waals surface area contributed by atoms with Gasteiger partial charge in [0.25, 0.3) is 0 Å². The van der Waals surface area contributed by atoms with Crippen molar-refractivity contribution >= 4 is 50.7 Å². The zero-order valence-corrected chi connectivity index (χ0v) is 14.1. The van der Waals surface area contributed by atoms with Crippen molar-refractivity contribution in [3.63, 3.8) is 0 Å². The van der Waals surface area contributed by atoms with Gasteiger partial charge in [-0.15, -0.1) is 11.6 Å². The van der Waals surface area contributed by atoms with E-state index in [-0.39, 0.29) is 5.38 Å². The molecule has 0 aliphatic rings. The molecule has 2 aromatic rings. The van der Waals surface area contributed by atoms with Crippen molar-refractivity contribution in [3.8, 4) is 0 Å². The van der Waals surface area contributed by atoms with Crippen molar-refractivity contribution in [1.29, 1.82) is 0 Å². The number of alkyl halides is 1. The van der Waals surface area contributed by atoms with Crippen LogP contribution in [0.3, 0.4) is 0 Å². The Morgan fingerprint density at radius 3 is 2.53 bits per heavy atom. The first-order valence-electron chi connectivity index (χ1n) is 5.82. The van der Waals surface area contributed by atoms with Gasteiger partial charge in [-0.1, -0.05) is 57.3 Å². The first-order valence-corrected chi connectivity index (χ1v) is 7.80. The van der Waals surface area contributed by atoms with Crippen LogP contribution in [0.25, 0.3) is 0 Å². The summed E-state index contributed by atoms with van der Waals surface area (Å²) in [7, 11) is 0. The molecule has 0 fully saturated rings. The van der Waals surface area contributed by atoms with Crippen molar-refractivity contribution in [2.24, 2.45) is 0 Å². The first-order chi connectivity index (χ1) is 8.99. The van der Waals surface area contributed by atoms with Crippen LogP contribution in [0.2, 0.25) is 10.0 Å². The largest absolute Gasteiger partial charge is 0.117 e. The van der Waals surface area contributed by atoms with Gasteiger partial charge >= 0.3 is 0 Å². The number of rotatable bonds is 3. The number of halogens is 4. The lowest BCUT2D eigenvalue weighted by Gasteiger charge is -2.14. The van der Waals surface area contributed by atoms with E-state index in [1.54, 1.807) is 6.07 Å². The maximum absolute atomic E-state index is 6.51. The zero-order valence-electron chi connectivity index (χ0n) is 10.3. The molecule has 0 saturated heterocycles. The Kier molecular flexibility index (Phi) is 5.19. The molecular weight excluding hydrogens is 366 g/mol. The SMILES string of the molecule is Cc1c(Br)cccc1C(Cl)Cc1ccc(Cl)c(Cl)c1. The Bertz CT molecular complexity index is 596. The van der Waals surface area contributed by atoms with Gasteiger partial charge in [0.15, 0.2) is 0 Å². The zero-order chi connectivity index (χ0) is 14.0. The smallest absolute Gasteiger partial charge is 0.0628 e. The molecule has 0 bridgehead atoms. The molecule has 1 atom stereocenters. The van der Waals surface area contributed by atoms with E-state index in [0.29, 0.717) is 10.0 Å². The molecule has 0 N–H and O–H groups in total. The van der Waals surface area contributed by atoms with E-state index in [9.17, 15) is 0 Å². The van der Waals surface area contributed by atoms with Crippen molar-refractivity contribution in [2.75, 3.05) is 0 Å². The second kappa shape index (κ2) is 6.49. The Balaban J connectivity index is 2.23. The van der Waals surface area contributed by atoms with Crippen molar-refractivity contribution in [3.05, 3.63) is 67.6 Å². The molecule has 0 aliphatic heterocycles. The summed E-state index contributed by atoms with van der Waals surface area (Å²) in [5.41, 5.74) is 3.37. The number of benzene rings is 2. The van der Waals surface area contributed by atoms with Crippen LogP contribution in [-0.4, -0.2) is 0 Å². The van der Waals surface area contributed by atoms with Gasteiger partial charge < -0.3 is 0 Å². The number of hydrogen-bond acceptors (Lipinski definition) is 0. The van der Waals surface area contributed by atoms with Crippen molar-refractivity contribution in [1.82, 2.24) is 0 Å². The molecule has 0 heterocycles. The highest BCUT2D eigenvalue weighted by atomic mass is 79.9. The molecule has 2 aromatic carbocycles. The topological polar surface area (TPSA) is 0 Å². The molecule has 19 heavy (non-hydrogen) atoms.